The molecule has 0 atom stereocenters. The van der Waals surface area contributed by atoms with Crippen LogP contribution in [-0.4, -0.2) is 18.2 Å². The fourth-order valence-electron chi connectivity index (χ4n) is 2.37. The van der Waals surface area contributed by atoms with E-state index in [9.17, 15) is 4.79 Å². The minimum atomic E-state index is -0.496. The lowest BCUT2D eigenvalue weighted by molar-refractivity contribution is 0.0585. The van der Waals surface area contributed by atoms with Crippen LogP contribution in [0, 0.1) is 6.92 Å². The standard InChI is InChI=1S/C16H13NO3/c1-10-14-12(11-6-4-3-5-7-11)8-9-13(14)15(17-20-10)16(18)19-2/h3-9H,1-2H3. The Kier molecular flexibility index (Phi) is 2.99. The Morgan fingerprint density at radius 1 is 1.10 bits per heavy atom. The molecule has 2 aliphatic rings. The van der Waals surface area contributed by atoms with E-state index in [2.05, 4.69) is 5.16 Å². The van der Waals surface area contributed by atoms with Crippen molar-refractivity contribution in [2.75, 3.05) is 7.11 Å². The number of carbonyl (C=O) groups excluding carboxylic acids is 1. The predicted octanol–water partition coefficient (Wildman–Crippen LogP) is 3.54. The van der Waals surface area contributed by atoms with Crippen molar-refractivity contribution >= 4 is 5.97 Å². The Balaban J connectivity index is 2.22. The Morgan fingerprint density at radius 3 is 2.50 bits per heavy atom. The number of carbonyl (C=O) groups is 1. The molecule has 1 heterocycles. The molecule has 0 spiro atoms. The minimum absolute atomic E-state index is 0.204. The van der Waals surface area contributed by atoms with E-state index in [1.807, 2.05) is 49.4 Å². The summed E-state index contributed by atoms with van der Waals surface area (Å²) in [6, 6.07) is 13.8. The van der Waals surface area contributed by atoms with Gasteiger partial charge < -0.3 is 9.26 Å². The second-order valence-electron chi connectivity index (χ2n) is 4.48. The van der Waals surface area contributed by atoms with Crippen LogP contribution in [0.5, 0.6) is 0 Å². The fraction of sp³-hybridized carbons (Fsp3) is 0.125. The number of hydrogen-bond donors (Lipinski definition) is 0. The molecule has 1 aliphatic carbocycles. The summed E-state index contributed by atoms with van der Waals surface area (Å²) in [5, 5.41) is 3.83. The number of nitrogens with zero attached hydrogens (tertiary/aromatic N) is 1. The van der Waals surface area contributed by atoms with Gasteiger partial charge in [0.15, 0.2) is 5.69 Å². The summed E-state index contributed by atoms with van der Waals surface area (Å²) >= 11 is 0. The molecule has 0 bridgehead atoms. The second-order valence-corrected chi connectivity index (χ2v) is 4.48. The molecule has 1 aliphatic heterocycles. The molecule has 0 N–H and O–H groups in total. The van der Waals surface area contributed by atoms with E-state index in [0.29, 0.717) is 5.76 Å². The van der Waals surface area contributed by atoms with E-state index in [0.717, 1.165) is 22.3 Å². The largest absolute Gasteiger partial charge is 0.464 e. The lowest BCUT2D eigenvalue weighted by atomic mass is 9.99. The lowest BCUT2D eigenvalue weighted by Crippen LogP contribution is -2.07. The SMILES string of the molecule is COC(=O)c1noc(C)c2c(-c3ccccc3)ccc1-2. The van der Waals surface area contributed by atoms with Crippen LogP contribution in [0.3, 0.4) is 0 Å². The van der Waals surface area contributed by atoms with Gasteiger partial charge >= 0.3 is 5.97 Å². The third-order valence-corrected chi connectivity index (χ3v) is 3.30. The summed E-state index contributed by atoms with van der Waals surface area (Å²) in [6.07, 6.45) is 0. The average Bonchev–Trinajstić information content (AvgIpc) is 2.93. The zero-order valence-electron chi connectivity index (χ0n) is 11.2. The number of rotatable bonds is 2. The van der Waals surface area contributed by atoms with Crippen LogP contribution in [0.1, 0.15) is 16.2 Å². The number of aromatic nitrogens is 1. The van der Waals surface area contributed by atoms with Gasteiger partial charge in [0, 0.05) is 11.1 Å². The molecule has 4 heteroatoms. The molecular formula is C16H13NO3. The fourth-order valence-corrected chi connectivity index (χ4v) is 2.37. The Morgan fingerprint density at radius 2 is 1.80 bits per heavy atom. The number of methoxy groups -OCH3 is 1. The second kappa shape index (κ2) is 4.81. The Hall–Kier alpha value is -2.62. The number of fused-ring (bicyclic) bond motifs is 1. The quantitative estimate of drug-likeness (QED) is 0.666. The van der Waals surface area contributed by atoms with Crippen LogP contribution in [0.15, 0.2) is 47.0 Å². The number of benzene rings is 1. The van der Waals surface area contributed by atoms with E-state index in [-0.39, 0.29) is 5.69 Å². The first-order valence-corrected chi connectivity index (χ1v) is 6.25. The van der Waals surface area contributed by atoms with Gasteiger partial charge in [0.05, 0.1) is 7.11 Å². The Bertz CT molecular complexity index is 731. The minimum Gasteiger partial charge on any atom is -0.464 e. The third-order valence-electron chi connectivity index (χ3n) is 3.30. The maximum Gasteiger partial charge on any atom is 0.360 e. The van der Waals surface area contributed by atoms with Gasteiger partial charge in [0.2, 0.25) is 0 Å². The molecule has 100 valence electrons. The molecule has 0 radical (unpaired) electrons. The normalized spacial score (nSPS) is 10.7. The maximum absolute atomic E-state index is 11.7. The molecule has 0 saturated heterocycles. The smallest absolute Gasteiger partial charge is 0.360 e. The molecule has 20 heavy (non-hydrogen) atoms. The summed E-state index contributed by atoms with van der Waals surface area (Å²) in [6.45, 7) is 1.84. The zero-order chi connectivity index (χ0) is 14.1. The van der Waals surface area contributed by atoms with Crippen LogP contribution in [0.25, 0.3) is 22.3 Å². The highest BCUT2D eigenvalue weighted by molar-refractivity contribution is 6.00. The van der Waals surface area contributed by atoms with Crippen molar-refractivity contribution in [1.82, 2.24) is 5.16 Å². The first kappa shape index (κ1) is 12.4. The van der Waals surface area contributed by atoms with E-state index in [4.69, 9.17) is 9.26 Å². The van der Waals surface area contributed by atoms with E-state index >= 15 is 0 Å². The van der Waals surface area contributed by atoms with Gasteiger partial charge in [-0.1, -0.05) is 47.6 Å². The highest BCUT2D eigenvalue weighted by Crippen LogP contribution is 2.39. The highest BCUT2D eigenvalue weighted by atomic mass is 16.5. The molecule has 0 amide bonds. The van der Waals surface area contributed by atoms with Gasteiger partial charge in [0.25, 0.3) is 0 Å². The molecule has 0 fully saturated rings. The van der Waals surface area contributed by atoms with Gasteiger partial charge in [0.1, 0.15) is 5.76 Å². The monoisotopic (exact) mass is 267 g/mol. The molecule has 0 aromatic heterocycles. The summed E-state index contributed by atoms with van der Waals surface area (Å²) in [7, 11) is 1.33. The van der Waals surface area contributed by atoms with Crippen LogP contribution in [0.2, 0.25) is 0 Å². The van der Waals surface area contributed by atoms with E-state index in [1.165, 1.54) is 7.11 Å². The van der Waals surface area contributed by atoms with Crippen molar-refractivity contribution in [3.8, 4) is 22.3 Å². The van der Waals surface area contributed by atoms with Gasteiger partial charge in [-0.3, -0.25) is 0 Å². The number of ether oxygens (including phenoxy) is 1. The molecule has 1 aromatic carbocycles. The zero-order valence-corrected chi connectivity index (χ0v) is 11.2. The van der Waals surface area contributed by atoms with Crippen molar-refractivity contribution in [2.45, 2.75) is 6.92 Å². The number of esters is 1. The molecule has 0 unspecified atom stereocenters. The first-order valence-electron chi connectivity index (χ1n) is 6.25. The Labute approximate surface area is 116 Å². The summed E-state index contributed by atoms with van der Waals surface area (Å²) in [5.41, 5.74) is 3.94. The molecule has 3 rings (SSSR count). The van der Waals surface area contributed by atoms with Crippen molar-refractivity contribution in [3.63, 3.8) is 0 Å². The van der Waals surface area contributed by atoms with Gasteiger partial charge in [-0.05, 0) is 18.1 Å². The van der Waals surface area contributed by atoms with Crippen molar-refractivity contribution < 1.29 is 14.1 Å². The van der Waals surface area contributed by atoms with Crippen LogP contribution in [-0.2, 0) is 4.74 Å². The number of hydrogen-bond acceptors (Lipinski definition) is 4. The van der Waals surface area contributed by atoms with Crippen molar-refractivity contribution in [1.29, 1.82) is 0 Å². The summed E-state index contributed by atoms with van der Waals surface area (Å²) < 4.78 is 10.0. The van der Waals surface area contributed by atoms with Gasteiger partial charge in [-0.15, -0.1) is 0 Å². The average molecular weight is 267 g/mol. The van der Waals surface area contributed by atoms with Gasteiger partial charge in [-0.25, -0.2) is 4.79 Å². The van der Waals surface area contributed by atoms with E-state index in [1.54, 1.807) is 0 Å². The summed E-state index contributed by atoms with van der Waals surface area (Å²) in [5.74, 6) is 0.181. The highest BCUT2D eigenvalue weighted by Gasteiger charge is 2.24. The third kappa shape index (κ3) is 1.86. The van der Waals surface area contributed by atoms with Crippen molar-refractivity contribution in [3.05, 3.63) is 53.9 Å². The molecule has 0 saturated carbocycles. The molecule has 1 aromatic rings. The number of aryl methyl sites for hydroxylation is 1. The lowest BCUT2D eigenvalue weighted by Gasteiger charge is -2.09. The predicted molar refractivity (Wildman–Crippen MR) is 74.6 cm³/mol. The molecule has 4 nitrogen and oxygen atoms in total. The van der Waals surface area contributed by atoms with Crippen LogP contribution < -0.4 is 0 Å². The van der Waals surface area contributed by atoms with Gasteiger partial charge in [-0.2, -0.15) is 0 Å². The summed E-state index contributed by atoms with van der Waals surface area (Å²) in [4.78, 5) is 11.7. The van der Waals surface area contributed by atoms with Crippen molar-refractivity contribution in [2.24, 2.45) is 0 Å². The first-order chi connectivity index (χ1) is 9.72. The van der Waals surface area contributed by atoms with Crippen LogP contribution in [0.4, 0.5) is 0 Å². The molecular weight excluding hydrogens is 254 g/mol. The van der Waals surface area contributed by atoms with E-state index < -0.39 is 5.97 Å². The topological polar surface area (TPSA) is 52.3 Å². The van der Waals surface area contributed by atoms with Crippen LogP contribution >= 0.6 is 0 Å². The maximum atomic E-state index is 11.7.